The zero-order valence-electron chi connectivity index (χ0n) is 13.9. The number of hydrogen-bond donors (Lipinski definition) is 0. The van der Waals surface area contributed by atoms with Crippen LogP contribution in [0.25, 0.3) is 0 Å². The van der Waals surface area contributed by atoms with Crippen LogP contribution in [-0.2, 0) is 16.0 Å². The third-order valence-corrected chi connectivity index (χ3v) is 5.63. The Morgan fingerprint density at radius 3 is 2.65 bits per heavy atom. The molecule has 1 amide bonds. The van der Waals surface area contributed by atoms with Gasteiger partial charge < -0.3 is 9.64 Å². The van der Waals surface area contributed by atoms with Gasteiger partial charge in [0.1, 0.15) is 0 Å². The van der Waals surface area contributed by atoms with E-state index in [4.69, 9.17) is 4.74 Å². The van der Waals surface area contributed by atoms with Gasteiger partial charge >= 0.3 is 0 Å². The highest BCUT2D eigenvalue weighted by atomic mass is 16.5. The third-order valence-electron chi connectivity index (χ3n) is 5.63. The molecule has 2 heterocycles. The van der Waals surface area contributed by atoms with Crippen LogP contribution in [0.3, 0.4) is 0 Å². The second-order valence-electron chi connectivity index (χ2n) is 7.34. The van der Waals surface area contributed by atoms with Crippen molar-refractivity contribution in [1.29, 1.82) is 0 Å². The normalized spacial score (nSPS) is 31.4. The molecular weight excluding hydrogens is 288 g/mol. The molecule has 124 valence electrons. The van der Waals surface area contributed by atoms with Crippen LogP contribution in [0.5, 0.6) is 0 Å². The topological polar surface area (TPSA) is 32.8 Å². The Kier molecular flexibility index (Phi) is 4.12. The third kappa shape index (κ3) is 3.15. The number of piperazine rings is 1. The minimum atomic E-state index is 0.00450. The van der Waals surface area contributed by atoms with Crippen LogP contribution in [0, 0.1) is 5.92 Å². The zero-order chi connectivity index (χ0) is 15.8. The molecule has 3 fully saturated rings. The molecule has 1 saturated carbocycles. The molecule has 1 aromatic carbocycles. The van der Waals surface area contributed by atoms with Gasteiger partial charge in [-0.25, -0.2) is 0 Å². The van der Waals surface area contributed by atoms with Crippen LogP contribution in [0.4, 0.5) is 0 Å². The minimum absolute atomic E-state index is 0.00450. The Morgan fingerprint density at radius 2 is 1.96 bits per heavy atom. The second-order valence-corrected chi connectivity index (χ2v) is 7.34. The first-order chi connectivity index (χ1) is 11.2. The first-order valence-electron chi connectivity index (χ1n) is 8.86. The Balaban J connectivity index is 1.54. The molecule has 3 aliphatic rings. The molecule has 4 heteroatoms. The van der Waals surface area contributed by atoms with Crippen LogP contribution in [0.2, 0.25) is 0 Å². The zero-order valence-corrected chi connectivity index (χ0v) is 13.9. The molecule has 3 atom stereocenters. The standard InChI is InChI=1S/C19H26N2O2/c1-23-17-10-16-12-20(11-15-7-8-15)18(19(22)21(16)13-17)9-14-5-3-2-4-6-14/h2-6,15-18H,7-13H2,1H3/t16-,17-,18-/m0/s1. The second kappa shape index (κ2) is 6.25. The fourth-order valence-corrected chi connectivity index (χ4v) is 4.12. The molecule has 4 nitrogen and oxygen atoms in total. The number of hydrogen-bond acceptors (Lipinski definition) is 3. The summed E-state index contributed by atoms with van der Waals surface area (Å²) >= 11 is 0. The van der Waals surface area contributed by atoms with Gasteiger partial charge in [0, 0.05) is 32.8 Å². The van der Waals surface area contributed by atoms with Crippen molar-refractivity contribution in [3.8, 4) is 0 Å². The lowest BCUT2D eigenvalue weighted by Crippen LogP contribution is -2.60. The van der Waals surface area contributed by atoms with Crippen LogP contribution < -0.4 is 0 Å². The monoisotopic (exact) mass is 314 g/mol. The number of carbonyl (C=O) groups is 1. The molecule has 0 unspecified atom stereocenters. The van der Waals surface area contributed by atoms with Gasteiger partial charge in [0.2, 0.25) is 5.91 Å². The van der Waals surface area contributed by atoms with E-state index in [0.717, 1.165) is 38.4 Å². The maximum absolute atomic E-state index is 13.1. The number of amides is 1. The summed E-state index contributed by atoms with van der Waals surface area (Å²) in [7, 11) is 1.76. The predicted octanol–water partition coefficient (Wildman–Crippen LogP) is 1.94. The Hall–Kier alpha value is -1.39. The quantitative estimate of drug-likeness (QED) is 0.833. The molecule has 0 bridgehead atoms. The van der Waals surface area contributed by atoms with E-state index in [1.165, 1.54) is 18.4 Å². The van der Waals surface area contributed by atoms with Gasteiger partial charge in [-0.05, 0) is 37.2 Å². The summed E-state index contributed by atoms with van der Waals surface area (Å²) in [6.45, 7) is 2.87. The SMILES string of the molecule is CO[C@H]1C[C@H]2CN(CC3CC3)[C@@H](Cc3ccccc3)C(=O)N2C1. The fraction of sp³-hybridized carbons (Fsp3) is 0.632. The van der Waals surface area contributed by atoms with E-state index in [1.807, 2.05) is 6.07 Å². The van der Waals surface area contributed by atoms with E-state index in [0.29, 0.717) is 11.9 Å². The first-order valence-corrected chi connectivity index (χ1v) is 8.86. The van der Waals surface area contributed by atoms with E-state index in [-0.39, 0.29) is 12.1 Å². The molecule has 0 radical (unpaired) electrons. The largest absolute Gasteiger partial charge is 0.380 e. The smallest absolute Gasteiger partial charge is 0.240 e. The van der Waals surface area contributed by atoms with Crippen LogP contribution in [0.15, 0.2) is 30.3 Å². The van der Waals surface area contributed by atoms with Crippen LogP contribution >= 0.6 is 0 Å². The highest BCUT2D eigenvalue weighted by molar-refractivity contribution is 5.84. The summed E-state index contributed by atoms with van der Waals surface area (Å²) < 4.78 is 5.52. The minimum Gasteiger partial charge on any atom is -0.380 e. The van der Waals surface area contributed by atoms with Crippen molar-refractivity contribution >= 4 is 5.91 Å². The average Bonchev–Trinajstić information content (AvgIpc) is 3.28. The van der Waals surface area contributed by atoms with E-state index in [1.54, 1.807) is 7.11 Å². The van der Waals surface area contributed by atoms with Gasteiger partial charge in [0.15, 0.2) is 0 Å². The maximum Gasteiger partial charge on any atom is 0.240 e. The molecule has 0 N–H and O–H groups in total. The maximum atomic E-state index is 13.1. The van der Waals surface area contributed by atoms with Crippen molar-refractivity contribution in [3.05, 3.63) is 35.9 Å². The van der Waals surface area contributed by atoms with E-state index in [2.05, 4.69) is 34.1 Å². The van der Waals surface area contributed by atoms with Crippen molar-refractivity contribution in [2.24, 2.45) is 5.92 Å². The van der Waals surface area contributed by atoms with Gasteiger partial charge in [0.25, 0.3) is 0 Å². The van der Waals surface area contributed by atoms with Gasteiger partial charge in [0.05, 0.1) is 12.1 Å². The number of benzene rings is 1. The van der Waals surface area contributed by atoms with Gasteiger partial charge in [-0.1, -0.05) is 30.3 Å². The highest BCUT2D eigenvalue weighted by Gasteiger charge is 2.46. The summed E-state index contributed by atoms with van der Waals surface area (Å²) in [6, 6.07) is 10.8. The van der Waals surface area contributed by atoms with Gasteiger partial charge in [-0.3, -0.25) is 9.69 Å². The van der Waals surface area contributed by atoms with Gasteiger partial charge in [-0.2, -0.15) is 0 Å². The van der Waals surface area contributed by atoms with Crippen LogP contribution in [0.1, 0.15) is 24.8 Å². The number of nitrogens with zero attached hydrogens (tertiary/aromatic N) is 2. The van der Waals surface area contributed by atoms with Crippen molar-refractivity contribution in [2.45, 2.75) is 43.9 Å². The average molecular weight is 314 g/mol. The first kappa shape index (κ1) is 15.2. The molecule has 1 aromatic rings. The highest BCUT2D eigenvalue weighted by Crippen LogP contribution is 2.34. The summed E-state index contributed by atoms with van der Waals surface area (Å²) in [5.74, 6) is 1.12. The van der Waals surface area contributed by atoms with Crippen molar-refractivity contribution in [3.63, 3.8) is 0 Å². The predicted molar refractivity (Wildman–Crippen MR) is 89.1 cm³/mol. The molecule has 0 aromatic heterocycles. The molecule has 2 aliphatic heterocycles. The van der Waals surface area contributed by atoms with Crippen molar-refractivity contribution in [2.75, 3.05) is 26.7 Å². The Labute approximate surface area is 138 Å². The number of fused-ring (bicyclic) bond motifs is 1. The van der Waals surface area contributed by atoms with Crippen molar-refractivity contribution in [1.82, 2.24) is 9.80 Å². The van der Waals surface area contributed by atoms with Crippen LogP contribution in [-0.4, -0.2) is 60.6 Å². The Bertz CT molecular complexity index is 558. The summed E-state index contributed by atoms with van der Waals surface area (Å²) in [4.78, 5) is 17.7. The summed E-state index contributed by atoms with van der Waals surface area (Å²) in [5, 5.41) is 0. The van der Waals surface area contributed by atoms with E-state index < -0.39 is 0 Å². The molecule has 2 saturated heterocycles. The van der Waals surface area contributed by atoms with Gasteiger partial charge in [-0.15, -0.1) is 0 Å². The Morgan fingerprint density at radius 1 is 1.17 bits per heavy atom. The number of carbonyl (C=O) groups excluding carboxylic acids is 1. The van der Waals surface area contributed by atoms with Crippen molar-refractivity contribution < 1.29 is 9.53 Å². The summed E-state index contributed by atoms with van der Waals surface area (Å²) in [5.41, 5.74) is 1.26. The molecule has 23 heavy (non-hydrogen) atoms. The molecular formula is C19H26N2O2. The summed E-state index contributed by atoms with van der Waals surface area (Å²) in [6.07, 6.45) is 4.69. The molecule has 0 spiro atoms. The number of methoxy groups -OCH3 is 1. The molecule has 1 aliphatic carbocycles. The lowest BCUT2D eigenvalue weighted by Gasteiger charge is -2.43. The fourth-order valence-electron chi connectivity index (χ4n) is 4.12. The molecule has 4 rings (SSSR count). The lowest BCUT2D eigenvalue weighted by molar-refractivity contribution is -0.144. The number of rotatable bonds is 5. The van der Waals surface area contributed by atoms with E-state index >= 15 is 0 Å². The van der Waals surface area contributed by atoms with E-state index in [9.17, 15) is 4.79 Å². The number of ether oxygens (including phenoxy) is 1. The lowest BCUT2D eigenvalue weighted by atomic mass is 9.98.